The number of hydrogen-bond acceptors (Lipinski definition) is 2. The van der Waals surface area contributed by atoms with Crippen LogP contribution in [0.15, 0.2) is 0 Å². The van der Waals surface area contributed by atoms with Crippen LogP contribution in [0, 0.1) is 17.8 Å². The zero-order chi connectivity index (χ0) is 10.4. The molecule has 2 N–H and O–H groups in total. The molecule has 0 saturated carbocycles. The van der Waals surface area contributed by atoms with Crippen molar-refractivity contribution >= 4 is 5.91 Å². The molecule has 0 aromatic heterocycles. The van der Waals surface area contributed by atoms with E-state index in [1.165, 1.54) is 0 Å². The predicted octanol–water partition coefficient (Wildman–Crippen LogP) is 0.516. The topological polar surface area (TPSA) is 41.1 Å². The maximum Gasteiger partial charge on any atom is 0.227 e. The molecule has 0 radical (unpaired) electrons. The first-order valence-electron chi connectivity index (χ1n) is 5.11. The van der Waals surface area contributed by atoms with Gasteiger partial charge in [0.2, 0.25) is 5.91 Å². The Kier molecular flexibility index (Phi) is 3.97. The number of amides is 1. The van der Waals surface area contributed by atoms with Crippen molar-refractivity contribution in [3.63, 3.8) is 0 Å². The lowest BCUT2D eigenvalue weighted by Crippen LogP contribution is -2.48. The summed E-state index contributed by atoms with van der Waals surface area (Å²) in [6, 6.07) is 0. The van der Waals surface area contributed by atoms with Crippen LogP contribution in [0.3, 0.4) is 0 Å². The molecule has 1 aliphatic rings. The van der Waals surface area contributed by atoms with Gasteiger partial charge in [0.1, 0.15) is 0 Å². The van der Waals surface area contributed by atoms with Gasteiger partial charge in [0.25, 0.3) is 0 Å². The molecule has 0 aromatic rings. The SMILES string of the molecule is C#CCCNC(=O)C1(C)CCCNC1. The fraction of sp³-hybridized carbons (Fsp3) is 0.727. The third kappa shape index (κ3) is 2.74. The molecule has 0 aliphatic carbocycles. The van der Waals surface area contributed by atoms with Gasteiger partial charge in [0, 0.05) is 19.5 Å². The van der Waals surface area contributed by atoms with Crippen molar-refractivity contribution in [1.29, 1.82) is 0 Å². The van der Waals surface area contributed by atoms with Gasteiger partial charge in [-0.2, -0.15) is 0 Å². The second kappa shape index (κ2) is 5.02. The molecule has 1 fully saturated rings. The Labute approximate surface area is 85.6 Å². The molecule has 0 spiro atoms. The summed E-state index contributed by atoms with van der Waals surface area (Å²) >= 11 is 0. The number of piperidine rings is 1. The average Bonchev–Trinajstić information content (AvgIpc) is 2.19. The van der Waals surface area contributed by atoms with Gasteiger partial charge in [-0.15, -0.1) is 12.3 Å². The number of rotatable bonds is 3. The summed E-state index contributed by atoms with van der Waals surface area (Å²) in [7, 11) is 0. The van der Waals surface area contributed by atoms with E-state index in [1.807, 2.05) is 6.92 Å². The Bertz CT molecular complexity index is 236. The quantitative estimate of drug-likeness (QED) is 0.508. The normalized spacial score (nSPS) is 26.6. The van der Waals surface area contributed by atoms with Gasteiger partial charge in [-0.3, -0.25) is 4.79 Å². The van der Waals surface area contributed by atoms with Crippen molar-refractivity contribution in [2.24, 2.45) is 5.41 Å². The highest BCUT2D eigenvalue weighted by molar-refractivity contribution is 5.82. The highest BCUT2D eigenvalue weighted by atomic mass is 16.2. The lowest BCUT2D eigenvalue weighted by Gasteiger charge is -2.32. The van der Waals surface area contributed by atoms with E-state index in [9.17, 15) is 4.79 Å². The summed E-state index contributed by atoms with van der Waals surface area (Å²) in [4.78, 5) is 11.8. The Hall–Kier alpha value is -1.01. The molecule has 3 nitrogen and oxygen atoms in total. The predicted molar refractivity (Wildman–Crippen MR) is 56.7 cm³/mol. The van der Waals surface area contributed by atoms with Crippen LogP contribution in [0.25, 0.3) is 0 Å². The monoisotopic (exact) mass is 194 g/mol. The molecule has 78 valence electrons. The fourth-order valence-corrected chi connectivity index (χ4v) is 1.71. The first-order chi connectivity index (χ1) is 6.69. The molecule has 0 bridgehead atoms. The van der Waals surface area contributed by atoms with Crippen LogP contribution in [0.2, 0.25) is 0 Å². The number of nitrogens with one attached hydrogen (secondary N) is 2. The zero-order valence-corrected chi connectivity index (χ0v) is 8.73. The molecule has 1 amide bonds. The minimum atomic E-state index is -0.243. The molecular formula is C11H18N2O. The van der Waals surface area contributed by atoms with E-state index in [4.69, 9.17) is 6.42 Å². The molecule has 1 saturated heterocycles. The number of hydrogen-bond donors (Lipinski definition) is 2. The van der Waals surface area contributed by atoms with Gasteiger partial charge in [0.15, 0.2) is 0 Å². The van der Waals surface area contributed by atoms with E-state index in [2.05, 4.69) is 16.6 Å². The molecular weight excluding hydrogens is 176 g/mol. The van der Waals surface area contributed by atoms with Gasteiger partial charge in [0.05, 0.1) is 5.41 Å². The van der Waals surface area contributed by atoms with Crippen molar-refractivity contribution in [3.8, 4) is 12.3 Å². The maximum atomic E-state index is 11.8. The number of carbonyl (C=O) groups is 1. The smallest absolute Gasteiger partial charge is 0.227 e. The lowest BCUT2D eigenvalue weighted by molar-refractivity contribution is -0.131. The van der Waals surface area contributed by atoms with Crippen LogP contribution in [0.4, 0.5) is 0 Å². The van der Waals surface area contributed by atoms with Gasteiger partial charge in [-0.25, -0.2) is 0 Å². The molecule has 14 heavy (non-hydrogen) atoms. The average molecular weight is 194 g/mol. The van der Waals surface area contributed by atoms with E-state index in [1.54, 1.807) is 0 Å². The number of carbonyl (C=O) groups excluding carboxylic acids is 1. The largest absolute Gasteiger partial charge is 0.355 e. The molecule has 1 unspecified atom stereocenters. The summed E-state index contributed by atoms with van der Waals surface area (Å²) in [6.07, 6.45) is 7.75. The van der Waals surface area contributed by atoms with Crippen molar-refractivity contribution in [3.05, 3.63) is 0 Å². The molecule has 1 atom stereocenters. The first kappa shape index (κ1) is 11.1. The van der Waals surface area contributed by atoms with E-state index in [0.717, 1.165) is 25.9 Å². The Morgan fingerprint density at radius 2 is 2.50 bits per heavy atom. The van der Waals surface area contributed by atoms with Crippen molar-refractivity contribution < 1.29 is 4.79 Å². The van der Waals surface area contributed by atoms with E-state index in [-0.39, 0.29) is 11.3 Å². The second-order valence-electron chi connectivity index (χ2n) is 4.05. The molecule has 1 aliphatic heterocycles. The van der Waals surface area contributed by atoms with Crippen molar-refractivity contribution in [2.75, 3.05) is 19.6 Å². The van der Waals surface area contributed by atoms with Gasteiger partial charge >= 0.3 is 0 Å². The van der Waals surface area contributed by atoms with E-state index in [0.29, 0.717) is 13.0 Å². The Morgan fingerprint density at radius 3 is 3.07 bits per heavy atom. The van der Waals surface area contributed by atoms with E-state index < -0.39 is 0 Å². The van der Waals surface area contributed by atoms with Crippen LogP contribution < -0.4 is 10.6 Å². The summed E-state index contributed by atoms with van der Waals surface area (Å²) < 4.78 is 0. The van der Waals surface area contributed by atoms with Crippen LogP contribution in [0.1, 0.15) is 26.2 Å². The van der Waals surface area contributed by atoms with E-state index >= 15 is 0 Å². The highest BCUT2D eigenvalue weighted by Gasteiger charge is 2.33. The lowest BCUT2D eigenvalue weighted by atomic mass is 9.82. The van der Waals surface area contributed by atoms with Crippen LogP contribution >= 0.6 is 0 Å². The fourth-order valence-electron chi connectivity index (χ4n) is 1.71. The number of terminal acetylenes is 1. The Balaban J connectivity index is 2.38. The summed E-state index contributed by atoms with van der Waals surface area (Å²) in [6.45, 7) is 4.39. The van der Waals surface area contributed by atoms with Crippen molar-refractivity contribution in [2.45, 2.75) is 26.2 Å². The third-order valence-corrected chi connectivity index (χ3v) is 2.70. The Morgan fingerprint density at radius 1 is 1.71 bits per heavy atom. The molecule has 3 heteroatoms. The van der Waals surface area contributed by atoms with Gasteiger partial charge < -0.3 is 10.6 Å². The minimum absolute atomic E-state index is 0.125. The van der Waals surface area contributed by atoms with Crippen LogP contribution in [-0.4, -0.2) is 25.5 Å². The highest BCUT2D eigenvalue weighted by Crippen LogP contribution is 2.25. The van der Waals surface area contributed by atoms with Crippen LogP contribution in [0.5, 0.6) is 0 Å². The standard InChI is InChI=1S/C11H18N2O/c1-3-4-8-13-10(14)11(2)6-5-7-12-9-11/h1,12H,4-9H2,2H3,(H,13,14). The second-order valence-corrected chi connectivity index (χ2v) is 4.05. The van der Waals surface area contributed by atoms with Crippen molar-refractivity contribution in [1.82, 2.24) is 10.6 Å². The summed E-state index contributed by atoms with van der Waals surface area (Å²) in [5.74, 6) is 2.63. The maximum absolute atomic E-state index is 11.8. The summed E-state index contributed by atoms with van der Waals surface area (Å²) in [5, 5.41) is 6.12. The van der Waals surface area contributed by atoms with Gasteiger partial charge in [-0.1, -0.05) is 0 Å². The molecule has 0 aromatic carbocycles. The zero-order valence-electron chi connectivity index (χ0n) is 8.73. The van der Waals surface area contributed by atoms with Crippen LogP contribution in [-0.2, 0) is 4.79 Å². The van der Waals surface area contributed by atoms with Gasteiger partial charge in [-0.05, 0) is 26.3 Å². The third-order valence-electron chi connectivity index (χ3n) is 2.70. The minimum Gasteiger partial charge on any atom is -0.355 e. The molecule has 1 heterocycles. The summed E-state index contributed by atoms with van der Waals surface area (Å²) in [5.41, 5.74) is -0.243. The first-order valence-corrected chi connectivity index (χ1v) is 5.11. The molecule has 1 rings (SSSR count).